The van der Waals surface area contributed by atoms with Crippen LogP contribution in [0.5, 0.6) is 5.88 Å². The van der Waals surface area contributed by atoms with Crippen LogP contribution in [0.2, 0.25) is 0 Å². The largest absolute Gasteiger partial charge is 0.481 e. The maximum atomic E-state index is 9.05. The molecule has 0 spiro atoms. The molecule has 4 heteroatoms. The molecule has 0 aliphatic carbocycles. The Hall–Kier alpha value is -2.54. The summed E-state index contributed by atoms with van der Waals surface area (Å²) in [6.45, 7) is 0. The molecule has 1 aromatic heterocycles. The average molecular weight is 225 g/mol. The quantitative estimate of drug-likeness (QED) is 0.795. The minimum Gasteiger partial charge on any atom is -0.481 e. The molecule has 84 valence electrons. The molecule has 0 unspecified atom stereocenters. The molecular formula is C13H11N3O. The summed E-state index contributed by atoms with van der Waals surface area (Å²) in [5.41, 5.74) is 8.43. The van der Waals surface area contributed by atoms with Crippen LogP contribution >= 0.6 is 0 Å². The summed E-state index contributed by atoms with van der Waals surface area (Å²) in [5, 5.41) is 9.05. The van der Waals surface area contributed by atoms with Crippen molar-refractivity contribution < 1.29 is 4.74 Å². The second-order valence-corrected chi connectivity index (χ2v) is 3.51. The van der Waals surface area contributed by atoms with E-state index in [1.54, 1.807) is 31.5 Å². The van der Waals surface area contributed by atoms with Crippen LogP contribution in [-0.4, -0.2) is 12.1 Å². The molecule has 0 aliphatic heterocycles. The van der Waals surface area contributed by atoms with E-state index >= 15 is 0 Å². The van der Waals surface area contributed by atoms with Crippen molar-refractivity contribution in [2.24, 2.45) is 0 Å². The van der Waals surface area contributed by atoms with Gasteiger partial charge in [-0.15, -0.1) is 0 Å². The van der Waals surface area contributed by atoms with Gasteiger partial charge in [-0.1, -0.05) is 6.07 Å². The van der Waals surface area contributed by atoms with Gasteiger partial charge in [0.2, 0.25) is 5.88 Å². The number of methoxy groups -OCH3 is 1. The number of anilines is 1. The third-order valence-electron chi connectivity index (χ3n) is 2.42. The lowest BCUT2D eigenvalue weighted by atomic mass is 10.0. The number of nitrogens with zero attached hydrogens (tertiary/aromatic N) is 2. The number of aromatic nitrogens is 1. The Labute approximate surface area is 99.3 Å². The van der Waals surface area contributed by atoms with Crippen molar-refractivity contribution in [3.8, 4) is 23.1 Å². The van der Waals surface area contributed by atoms with Gasteiger partial charge < -0.3 is 10.5 Å². The van der Waals surface area contributed by atoms with Crippen LogP contribution in [0.3, 0.4) is 0 Å². The molecule has 2 rings (SSSR count). The van der Waals surface area contributed by atoms with E-state index < -0.39 is 0 Å². The van der Waals surface area contributed by atoms with Crippen molar-refractivity contribution in [2.45, 2.75) is 0 Å². The van der Waals surface area contributed by atoms with Gasteiger partial charge in [-0.3, -0.25) is 0 Å². The Morgan fingerprint density at radius 1 is 1.29 bits per heavy atom. The monoisotopic (exact) mass is 225 g/mol. The highest BCUT2D eigenvalue weighted by Crippen LogP contribution is 2.25. The third-order valence-corrected chi connectivity index (χ3v) is 2.42. The molecule has 0 saturated carbocycles. The zero-order valence-corrected chi connectivity index (χ0v) is 9.34. The molecule has 0 amide bonds. The van der Waals surface area contributed by atoms with Crippen molar-refractivity contribution in [3.05, 3.63) is 42.1 Å². The topological polar surface area (TPSA) is 71.9 Å². The summed E-state index contributed by atoms with van der Waals surface area (Å²) in [6, 6.07) is 11.0. The van der Waals surface area contributed by atoms with Crippen LogP contribution in [0.1, 0.15) is 5.56 Å². The Balaban J connectivity index is 2.49. The van der Waals surface area contributed by atoms with Crippen molar-refractivity contribution >= 4 is 5.69 Å². The van der Waals surface area contributed by atoms with Crippen LogP contribution in [0, 0.1) is 11.3 Å². The Morgan fingerprint density at radius 2 is 2.12 bits per heavy atom. The molecule has 0 atom stereocenters. The van der Waals surface area contributed by atoms with E-state index in [9.17, 15) is 0 Å². The summed E-state index contributed by atoms with van der Waals surface area (Å²) in [6.07, 6.45) is 1.67. The van der Waals surface area contributed by atoms with E-state index in [-0.39, 0.29) is 0 Å². The summed E-state index contributed by atoms with van der Waals surface area (Å²) >= 11 is 0. The molecule has 0 bridgehead atoms. The van der Waals surface area contributed by atoms with Gasteiger partial charge in [0.25, 0.3) is 0 Å². The van der Waals surface area contributed by atoms with E-state index in [1.807, 2.05) is 12.1 Å². The van der Waals surface area contributed by atoms with Crippen LogP contribution < -0.4 is 10.5 Å². The highest BCUT2D eigenvalue weighted by Gasteiger charge is 2.05. The van der Waals surface area contributed by atoms with Crippen LogP contribution in [0.25, 0.3) is 11.1 Å². The number of rotatable bonds is 2. The number of nitrogen functional groups attached to an aromatic ring is 1. The van der Waals surface area contributed by atoms with Crippen LogP contribution in [-0.2, 0) is 0 Å². The fourth-order valence-corrected chi connectivity index (χ4v) is 1.57. The van der Waals surface area contributed by atoms with Gasteiger partial charge in [-0.25, -0.2) is 4.98 Å². The number of hydrogen-bond donors (Lipinski definition) is 1. The van der Waals surface area contributed by atoms with Crippen molar-refractivity contribution in [1.82, 2.24) is 4.98 Å². The first kappa shape index (κ1) is 11.0. The first-order valence-electron chi connectivity index (χ1n) is 5.04. The third kappa shape index (κ3) is 2.18. The van der Waals surface area contributed by atoms with E-state index in [1.165, 1.54) is 0 Å². The van der Waals surface area contributed by atoms with Gasteiger partial charge in [0.1, 0.15) is 0 Å². The summed E-state index contributed by atoms with van der Waals surface area (Å²) in [7, 11) is 1.56. The molecule has 0 aliphatic rings. The van der Waals surface area contributed by atoms with E-state index in [2.05, 4.69) is 11.1 Å². The van der Waals surface area contributed by atoms with E-state index in [0.717, 1.165) is 11.1 Å². The molecule has 17 heavy (non-hydrogen) atoms. The Kier molecular flexibility index (Phi) is 2.93. The average Bonchev–Trinajstić information content (AvgIpc) is 2.39. The highest BCUT2D eigenvalue weighted by molar-refractivity contribution is 5.72. The van der Waals surface area contributed by atoms with Gasteiger partial charge in [-0.05, 0) is 18.2 Å². The second-order valence-electron chi connectivity index (χ2n) is 3.51. The summed E-state index contributed by atoms with van der Waals surface area (Å²) < 4.78 is 4.98. The highest BCUT2D eigenvalue weighted by atomic mass is 16.5. The first-order valence-corrected chi connectivity index (χ1v) is 5.04. The van der Waals surface area contributed by atoms with Crippen LogP contribution in [0.15, 0.2) is 36.5 Å². The maximum Gasteiger partial charge on any atom is 0.212 e. The smallest absolute Gasteiger partial charge is 0.212 e. The number of benzene rings is 1. The zero-order valence-electron chi connectivity index (χ0n) is 9.34. The van der Waals surface area contributed by atoms with Gasteiger partial charge in [0.15, 0.2) is 0 Å². The van der Waals surface area contributed by atoms with Gasteiger partial charge in [-0.2, -0.15) is 5.26 Å². The maximum absolute atomic E-state index is 9.05. The van der Waals surface area contributed by atoms with Gasteiger partial charge in [0.05, 0.1) is 18.7 Å². The number of hydrogen-bond acceptors (Lipinski definition) is 4. The van der Waals surface area contributed by atoms with Crippen molar-refractivity contribution in [1.29, 1.82) is 5.26 Å². The van der Waals surface area contributed by atoms with Crippen molar-refractivity contribution in [3.63, 3.8) is 0 Å². The molecule has 0 saturated heterocycles. The lowest BCUT2D eigenvalue weighted by molar-refractivity contribution is 0.398. The fourth-order valence-electron chi connectivity index (χ4n) is 1.57. The predicted octanol–water partition coefficient (Wildman–Crippen LogP) is 2.21. The minimum absolute atomic E-state index is 0.539. The molecule has 2 aromatic rings. The van der Waals surface area contributed by atoms with E-state index in [4.69, 9.17) is 15.7 Å². The molecule has 1 aromatic carbocycles. The SMILES string of the molecule is COc1ccc(-c2ccc(N)cc2C#N)cn1. The van der Waals surface area contributed by atoms with Crippen LogP contribution in [0.4, 0.5) is 5.69 Å². The number of nitriles is 1. The standard InChI is InChI=1S/C13H11N3O/c1-17-13-5-2-9(8-16-13)12-4-3-11(15)6-10(12)7-14/h2-6,8H,15H2,1H3. The van der Waals surface area contributed by atoms with E-state index in [0.29, 0.717) is 17.1 Å². The Bertz CT molecular complexity index is 570. The predicted molar refractivity (Wildman–Crippen MR) is 65.4 cm³/mol. The first-order chi connectivity index (χ1) is 8.24. The number of ether oxygens (including phenoxy) is 1. The minimum atomic E-state index is 0.539. The molecule has 1 heterocycles. The normalized spacial score (nSPS) is 9.65. The van der Waals surface area contributed by atoms with Gasteiger partial charge in [0, 0.05) is 29.1 Å². The second kappa shape index (κ2) is 4.54. The lowest BCUT2D eigenvalue weighted by Gasteiger charge is -2.05. The number of nitrogens with two attached hydrogens (primary N) is 1. The molecular weight excluding hydrogens is 214 g/mol. The fraction of sp³-hybridized carbons (Fsp3) is 0.0769. The summed E-state index contributed by atoms with van der Waals surface area (Å²) in [4.78, 5) is 4.11. The van der Waals surface area contributed by atoms with Gasteiger partial charge >= 0.3 is 0 Å². The molecule has 4 nitrogen and oxygen atoms in total. The lowest BCUT2D eigenvalue weighted by Crippen LogP contribution is -1.91. The summed E-state index contributed by atoms with van der Waals surface area (Å²) in [5.74, 6) is 0.544. The molecule has 0 radical (unpaired) electrons. The Morgan fingerprint density at radius 3 is 2.71 bits per heavy atom. The van der Waals surface area contributed by atoms with Crippen molar-refractivity contribution in [2.75, 3.05) is 12.8 Å². The molecule has 2 N–H and O–H groups in total. The zero-order chi connectivity index (χ0) is 12.3. The number of pyridine rings is 1. The molecule has 0 fully saturated rings.